The van der Waals surface area contributed by atoms with Crippen molar-refractivity contribution in [3.05, 3.63) is 24.0 Å². The highest BCUT2D eigenvalue weighted by Crippen LogP contribution is 1.97. The fraction of sp³-hybridized carbons (Fsp3) is 0.500. The molecule has 0 atom stereocenters. The van der Waals surface area contributed by atoms with E-state index < -0.39 is 0 Å². The second-order valence-corrected chi connectivity index (χ2v) is 3.16. The molecule has 0 aliphatic carbocycles. The topological polar surface area (TPSA) is 42.8 Å². The lowest BCUT2D eigenvalue weighted by molar-refractivity contribution is 0.345. The number of nitrogens with zero attached hydrogens (tertiary/aromatic N) is 2. The first-order chi connectivity index (χ1) is 6.33. The number of rotatable bonds is 5. The van der Waals surface area contributed by atoms with Crippen LogP contribution >= 0.6 is 0 Å². The highest BCUT2D eigenvalue weighted by Gasteiger charge is 1.98. The van der Waals surface area contributed by atoms with Crippen LogP contribution < -0.4 is 0 Å². The van der Waals surface area contributed by atoms with E-state index in [0.29, 0.717) is 6.42 Å². The van der Waals surface area contributed by atoms with Gasteiger partial charge in [-0.25, -0.2) is 0 Å². The second kappa shape index (κ2) is 5.39. The van der Waals surface area contributed by atoms with E-state index in [4.69, 9.17) is 5.26 Å². The van der Waals surface area contributed by atoms with Crippen molar-refractivity contribution < 1.29 is 0 Å². The van der Waals surface area contributed by atoms with Crippen LogP contribution in [0.4, 0.5) is 0 Å². The predicted octanol–water partition coefficient (Wildman–Crippen LogP) is 1.40. The minimum Gasteiger partial charge on any atom is -0.365 e. The average molecular weight is 177 g/mol. The first kappa shape index (κ1) is 9.82. The van der Waals surface area contributed by atoms with Crippen LogP contribution in [0.2, 0.25) is 0 Å². The van der Waals surface area contributed by atoms with Crippen molar-refractivity contribution in [2.24, 2.45) is 0 Å². The van der Waals surface area contributed by atoms with E-state index in [0.717, 1.165) is 19.5 Å². The Balaban J connectivity index is 2.16. The standard InChI is InChI=1S/C10H15N3/c1-13(8-3-6-11)9-5-10-4-2-7-12-10/h2,4,7,12H,3,5,8-9H2,1H3. The van der Waals surface area contributed by atoms with Crippen LogP contribution in [-0.4, -0.2) is 30.0 Å². The molecule has 0 fully saturated rings. The van der Waals surface area contributed by atoms with E-state index in [-0.39, 0.29) is 0 Å². The van der Waals surface area contributed by atoms with Crippen molar-refractivity contribution in [3.63, 3.8) is 0 Å². The number of aromatic nitrogens is 1. The van der Waals surface area contributed by atoms with E-state index >= 15 is 0 Å². The zero-order chi connectivity index (χ0) is 9.52. The first-order valence-electron chi connectivity index (χ1n) is 4.50. The Morgan fingerprint density at radius 1 is 1.54 bits per heavy atom. The van der Waals surface area contributed by atoms with E-state index in [1.54, 1.807) is 0 Å². The molecule has 1 aromatic heterocycles. The van der Waals surface area contributed by atoms with Crippen LogP contribution in [0.3, 0.4) is 0 Å². The molecule has 0 spiro atoms. The molecule has 0 aromatic carbocycles. The highest BCUT2D eigenvalue weighted by atomic mass is 15.1. The Kier molecular flexibility index (Phi) is 4.07. The third-order valence-electron chi connectivity index (χ3n) is 2.03. The Labute approximate surface area is 79.0 Å². The Bertz CT molecular complexity index is 258. The smallest absolute Gasteiger partial charge is 0.0635 e. The molecule has 0 saturated carbocycles. The number of nitrogens with one attached hydrogen (secondary N) is 1. The normalized spacial score (nSPS) is 10.2. The van der Waals surface area contributed by atoms with Crippen LogP contribution in [0.5, 0.6) is 0 Å². The van der Waals surface area contributed by atoms with Gasteiger partial charge in [0.2, 0.25) is 0 Å². The van der Waals surface area contributed by atoms with E-state index in [9.17, 15) is 0 Å². The monoisotopic (exact) mass is 177 g/mol. The number of nitriles is 1. The summed E-state index contributed by atoms with van der Waals surface area (Å²) in [6, 6.07) is 6.23. The number of likely N-dealkylation sites (N-methyl/N-ethyl adjacent to an activating group) is 1. The summed E-state index contributed by atoms with van der Waals surface area (Å²) in [6.45, 7) is 1.86. The van der Waals surface area contributed by atoms with E-state index in [1.807, 2.05) is 19.3 Å². The van der Waals surface area contributed by atoms with Crippen LogP contribution in [-0.2, 0) is 6.42 Å². The molecule has 0 saturated heterocycles. The molecule has 1 rings (SSSR count). The van der Waals surface area contributed by atoms with Crippen molar-refractivity contribution in [3.8, 4) is 6.07 Å². The minimum atomic E-state index is 0.612. The van der Waals surface area contributed by atoms with Gasteiger partial charge < -0.3 is 9.88 Å². The summed E-state index contributed by atoms with van der Waals surface area (Å²) in [7, 11) is 2.04. The minimum absolute atomic E-state index is 0.612. The summed E-state index contributed by atoms with van der Waals surface area (Å²) < 4.78 is 0. The van der Waals surface area contributed by atoms with Gasteiger partial charge in [-0.1, -0.05) is 0 Å². The van der Waals surface area contributed by atoms with Gasteiger partial charge >= 0.3 is 0 Å². The lowest BCUT2D eigenvalue weighted by atomic mass is 10.3. The third-order valence-corrected chi connectivity index (χ3v) is 2.03. The molecule has 1 N–H and O–H groups in total. The summed E-state index contributed by atoms with van der Waals surface area (Å²) in [6.07, 6.45) is 3.57. The molecular formula is C10H15N3. The number of hydrogen-bond donors (Lipinski definition) is 1. The maximum absolute atomic E-state index is 8.38. The van der Waals surface area contributed by atoms with Crippen molar-refractivity contribution in [2.45, 2.75) is 12.8 Å². The average Bonchev–Trinajstić information content (AvgIpc) is 2.64. The van der Waals surface area contributed by atoms with Crippen molar-refractivity contribution >= 4 is 0 Å². The van der Waals surface area contributed by atoms with Crippen molar-refractivity contribution in [1.29, 1.82) is 5.26 Å². The van der Waals surface area contributed by atoms with Gasteiger partial charge in [-0.05, 0) is 19.2 Å². The Morgan fingerprint density at radius 3 is 3.00 bits per heavy atom. The highest BCUT2D eigenvalue weighted by molar-refractivity contribution is 5.03. The summed E-state index contributed by atoms with van der Waals surface area (Å²) in [5.74, 6) is 0. The second-order valence-electron chi connectivity index (χ2n) is 3.16. The molecule has 3 nitrogen and oxygen atoms in total. The Morgan fingerprint density at radius 2 is 2.38 bits per heavy atom. The van der Waals surface area contributed by atoms with Gasteiger partial charge in [0.1, 0.15) is 0 Å². The lowest BCUT2D eigenvalue weighted by Gasteiger charge is -2.13. The van der Waals surface area contributed by atoms with Crippen LogP contribution in [0, 0.1) is 11.3 Å². The molecule has 0 bridgehead atoms. The molecular weight excluding hydrogens is 162 g/mol. The maximum Gasteiger partial charge on any atom is 0.0635 e. The first-order valence-corrected chi connectivity index (χ1v) is 4.50. The van der Waals surface area contributed by atoms with Crippen LogP contribution in [0.15, 0.2) is 18.3 Å². The fourth-order valence-corrected chi connectivity index (χ4v) is 1.19. The predicted molar refractivity (Wildman–Crippen MR) is 52.2 cm³/mol. The van der Waals surface area contributed by atoms with Gasteiger partial charge in [0.25, 0.3) is 0 Å². The molecule has 1 heterocycles. The zero-order valence-electron chi connectivity index (χ0n) is 7.95. The van der Waals surface area contributed by atoms with E-state index in [2.05, 4.69) is 22.0 Å². The Hall–Kier alpha value is -1.27. The molecule has 0 unspecified atom stereocenters. The number of hydrogen-bond acceptors (Lipinski definition) is 2. The SMILES string of the molecule is CN(CCC#N)CCc1ccc[nH]1. The van der Waals surface area contributed by atoms with Crippen molar-refractivity contribution in [1.82, 2.24) is 9.88 Å². The van der Waals surface area contributed by atoms with Crippen molar-refractivity contribution in [2.75, 3.05) is 20.1 Å². The fourth-order valence-electron chi connectivity index (χ4n) is 1.19. The number of H-pyrrole nitrogens is 1. The van der Waals surface area contributed by atoms with Crippen LogP contribution in [0.1, 0.15) is 12.1 Å². The summed E-state index contributed by atoms with van der Waals surface area (Å²) in [4.78, 5) is 5.33. The largest absolute Gasteiger partial charge is 0.365 e. The molecule has 1 aromatic rings. The lowest BCUT2D eigenvalue weighted by Crippen LogP contribution is -2.22. The van der Waals surface area contributed by atoms with E-state index in [1.165, 1.54) is 5.69 Å². The molecule has 0 amide bonds. The molecule has 0 aliphatic heterocycles. The van der Waals surface area contributed by atoms with Gasteiger partial charge in [-0.15, -0.1) is 0 Å². The van der Waals surface area contributed by atoms with Gasteiger partial charge in [0.05, 0.1) is 6.07 Å². The maximum atomic E-state index is 8.38. The third kappa shape index (κ3) is 3.77. The molecule has 0 aliphatic rings. The van der Waals surface area contributed by atoms with Gasteiger partial charge in [0, 0.05) is 37.8 Å². The number of aromatic amines is 1. The summed E-state index contributed by atoms with van der Waals surface area (Å²) in [5.41, 5.74) is 1.25. The van der Waals surface area contributed by atoms with Gasteiger partial charge in [-0.3, -0.25) is 0 Å². The molecule has 3 heteroatoms. The molecule has 13 heavy (non-hydrogen) atoms. The van der Waals surface area contributed by atoms with Crippen LogP contribution in [0.25, 0.3) is 0 Å². The zero-order valence-corrected chi connectivity index (χ0v) is 7.95. The summed E-state index contributed by atoms with van der Waals surface area (Å²) in [5, 5.41) is 8.38. The quantitative estimate of drug-likeness (QED) is 0.738. The van der Waals surface area contributed by atoms with Gasteiger partial charge in [-0.2, -0.15) is 5.26 Å². The molecule has 70 valence electrons. The van der Waals surface area contributed by atoms with Gasteiger partial charge in [0.15, 0.2) is 0 Å². The molecule has 0 radical (unpaired) electrons. The summed E-state index contributed by atoms with van der Waals surface area (Å²) >= 11 is 0.